The molecule has 0 fully saturated rings. The lowest BCUT2D eigenvalue weighted by Crippen LogP contribution is -2.09. The molecule has 0 aliphatic rings. The predicted molar refractivity (Wildman–Crippen MR) is 339 cm³/mol. The van der Waals surface area contributed by atoms with Crippen LogP contribution >= 0.6 is 0 Å². The van der Waals surface area contributed by atoms with E-state index in [4.69, 9.17) is 0 Å². The van der Waals surface area contributed by atoms with E-state index in [9.17, 15) is 0 Å². The third-order valence-electron chi connectivity index (χ3n) is 16.2. The van der Waals surface area contributed by atoms with Crippen LogP contribution in [-0.4, -0.2) is 0 Å². The molecule has 15 aromatic carbocycles. The first-order valence-electron chi connectivity index (χ1n) is 27.3. The monoisotopic (exact) mass is 1000 g/mol. The lowest BCUT2D eigenvalue weighted by atomic mass is 9.91. The van der Waals surface area contributed by atoms with Crippen LogP contribution in [0.15, 0.2) is 309 Å². The molecule has 79 heavy (non-hydrogen) atoms. The molecule has 0 spiro atoms. The van der Waals surface area contributed by atoms with E-state index in [2.05, 4.69) is 314 Å². The minimum Gasteiger partial charge on any atom is -0.311 e. The fourth-order valence-corrected chi connectivity index (χ4v) is 12.3. The van der Waals surface area contributed by atoms with E-state index in [0.717, 1.165) is 17.1 Å². The summed E-state index contributed by atoms with van der Waals surface area (Å²) in [6.07, 6.45) is 0. The summed E-state index contributed by atoms with van der Waals surface area (Å²) in [5, 5.41) is 15.2. The first kappa shape index (κ1) is 46.0. The van der Waals surface area contributed by atoms with Crippen molar-refractivity contribution in [3.8, 4) is 66.8 Å². The van der Waals surface area contributed by atoms with Crippen LogP contribution in [0.4, 0.5) is 17.1 Å². The van der Waals surface area contributed by atoms with Crippen molar-refractivity contribution in [1.82, 2.24) is 0 Å². The number of anilines is 3. The quantitative estimate of drug-likeness (QED) is 0.130. The van der Waals surface area contributed by atoms with Gasteiger partial charge < -0.3 is 4.90 Å². The van der Waals surface area contributed by atoms with Gasteiger partial charge in [-0.1, -0.05) is 237 Å². The number of hydrogen-bond donors (Lipinski definition) is 0. The van der Waals surface area contributed by atoms with Crippen molar-refractivity contribution in [3.05, 3.63) is 309 Å². The summed E-state index contributed by atoms with van der Waals surface area (Å²) in [5.74, 6) is 0. The molecule has 0 radical (unpaired) electrons. The molecule has 15 rings (SSSR count). The van der Waals surface area contributed by atoms with Crippen molar-refractivity contribution >= 4 is 81.7 Å². The van der Waals surface area contributed by atoms with Crippen molar-refractivity contribution in [3.63, 3.8) is 0 Å². The summed E-state index contributed by atoms with van der Waals surface area (Å²) in [5.41, 5.74) is 17.6. The van der Waals surface area contributed by atoms with E-state index >= 15 is 0 Å². The van der Waals surface area contributed by atoms with Gasteiger partial charge in [-0.2, -0.15) is 0 Å². The van der Waals surface area contributed by atoms with Crippen LogP contribution in [0.1, 0.15) is 0 Å². The molecule has 0 aliphatic carbocycles. The van der Waals surface area contributed by atoms with E-state index in [1.54, 1.807) is 0 Å². The van der Waals surface area contributed by atoms with Gasteiger partial charge in [0.05, 0.1) is 0 Å². The summed E-state index contributed by atoms with van der Waals surface area (Å²) >= 11 is 0. The zero-order valence-corrected chi connectivity index (χ0v) is 43.4. The average molecular weight is 1000 g/mol. The highest BCUT2D eigenvalue weighted by molar-refractivity contribution is 6.16. The molecule has 0 atom stereocenters. The van der Waals surface area contributed by atoms with Gasteiger partial charge >= 0.3 is 0 Å². The summed E-state index contributed by atoms with van der Waals surface area (Å²) in [6, 6.07) is 114. The van der Waals surface area contributed by atoms with Gasteiger partial charge in [0.2, 0.25) is 0 Å². The van der Waals surface area contributed by atoms with Gasteiger partial charge in [-0.05, 0) is 204 Å². The Morgan fingerprint density at radius 3 is 0.684 bits per heavy atom. The minimum absolute atomic E-state index is 1.08. The molecule has 0 saturated carbocycles. The molecule has 0 unspecified atom stereocenters. The van der Waals surface area contributed by atoms with Crippen molar-refractivity contribution < 1.29 is 0 Å². The third kappa shape index (κ3) is 8.28. The van der Waals surface area contributed by atoms with Gasteiger partial charge in [0, 0.05) is 17.1 Å². The van der Waals surface area contributed by atoms with Crippen molar-refractivity contribution in [2.75, 3.05) is 4.90 Å². The maximum atomic E-state index is 2.38. The number of fused-ring (bicyclic) bond motifs is 9. The number of nitrogens with zero attached hydrogens (tertiary/aromatic N) is 1. The van der Waals surface area contributed by atoms with Gasteiger partial charge in [0.25, 0.3) is 0 Å². The summed E-state index contributed by atoms with van der Waals surface area (Å²) in [7, 11) is 0. The maximum absolute atomic E-state index is 2.38. The van der Waals surface area contributed by atoms with E-state index in [0.29, 0.717) is 0 Å². The normalized spacial score (nSPS) is 11.5. The molecule has 1 nitrogen and oxygen atoms in total. The van der Waals surface area contributed by atoms with Gasteiger partial charge in [0.15, 0.2) is 0 Å². The molecule has 0 aliphatic heterocycles. The van der Waals surface area contributed by atoms with E-state index in [1.807, 2.05) is 0 Å². The Morgan fingerprint density at radius 1 is 0.152 bits per heavy atom. The Morgan fingerprint density at radius 2 is 0.392 bits per heavy atom. The SMILES string of the molecule is c1cc(-c2ccc(N(c3ccc(-c4cccc(-c5cc6ccccc6c6ccccc56)c4)cc3)c3ccc(-c4cccc(-c5cc6ccccc6c6ccccc56)c4)cc3)cc2)cc(-c2cc3ccccc3c3ccccc23)c1. The first-order chi connectivity index (χ1) is 39.1. The van der Waals surface area contributed by atoms with Crippen molar-refractivity contribution in [2.24, 2.45) is 0 Å². The summed E-state index contributed by atoms with van der Waals surface area (Å²) in [6.45, 7) is 0. The van der Waals surface area contributed by atoms with Gasteiger partial charge in [-0.25, -0.2) is 0 Å². The highest BCUT2D eigenvalue weighted by Crippen LogP contribution is 2.43. The lowest BCUT2D eigenvalue weighted by Gasteiger charge is -2.26. The molecule has 368 valence electrons. The molecule has 15 aromatic rings. The zero-order valence-electron chi connectivity index (χ0n) is 43.4. The van der Waals surface area contributed by atoms with Crippen molar-refractivity contribution in [1.29, 1.82) is 0 Å². The third-order valence-corrected chi connectivity index (χ3v) is 16.2. The van der Waals surface area contributed by atoms with Crippen molar-refractivity contribution in [2.45, 2.75) is 0 Å². The zero-order chi connectivity index (χ0) is 52.2. The Balaban J connectivity index is 0.794. The molecule has 0 saturated heterocycles. The number of benzene rings is 15. The average Bonchev–Trinajstić information content (AvgIpc) is 3.59. The molecule has 0 amide bonds. The van der Waals surface area contributed by atoms with Crippen LogP contribution in [-0.2, 0) is 0 Å². The Kier molecular flexibility index (Phi) is 11.3. The molecule has 0 bridgehead atoms. The van der Waals surface area contributed by atoms with Crippen LogP contribution in [0.5, 0.6) is 0 Å². The molecule has 0 N–H and O–H groups in total. The second kappa shape index (κ2) is 19.3. The standard InChI is InChI=1S/C78H51N/c1-4-25-67-61(16-1)49-76(73-31-10-7-28-70(67)73)58-22-13-19-55(46-58)52-34-40-64(41-35-52)79(65-42-36-53(37-43-65)56-20-14-23-59(47-56)77-50-62-17-2-5-26-68(62)71-29-8-11-32-74(71)77)66-44-38-54(39-45-66)57-21-15-24-60(48-57)78-51-63-18-3-6-27-69(63)72-30-9-12-33-75(72)78/h1-51H. The fourth-order valence-electron chi connectivity index (χ4n) is 12.3. The predicted octanol–water partition coefficient (Wildman–Crippen LogP) is 22.1. The van der Waals surface area contributed by atoms with Crippen LogP contribution in [0, 0.1) is 0 Å². The Bertz CT molecular complexity index is 4330. The number of rotatable bonds is 9. The minimum atomic E-state index is 1.08. The van der Waals surface area contributed by atoms with Gasteiger partial charge in [-0.3, -0.25) is 0 Å². The second-order valence-electron chi connectivity index (χ2n) is 20.8. The van der Waals surface area contributed by atoms with Gasteiger partial charge in [0.1, 0.15) is 0 Å². The van der Waals surface area contributed by atoms with E-state index in [-0.39, 0.29) is 0 Å². The van der Waals surface area contributed by atoms with Crippen LogP contribution in [0.3, 0.4) is 0 Å². The molecule has 1 heteroatoms. The lowest BCUT2D eigenvalue weighted by molar-refractivity contribution is 1.28. The summed E-state index contributed by atoms with van der Waals surface area (Å²) < 4.78 is 0. The number of hydrogen-bond acceptors (Lipinski definition) is 1. The maximum Gasteiger partial charge on any atom is 0.0462 e. The van der Waals surface area contributed by atoms with Crippen LogP contribution in [0.2, 0.25) is 0 Å². The van der Waals surface area contributed by atoms with E-state index in [1.165, 1.54) is 131 Å². The largest absolute Gasteiger partial charge is 0.311 e. The highest BCUT2D eigenvalue weighted by Gasteiger charge is 2.17. The topological polar surface area (TPSA) is 3.24 Å². The summed E-state index contributed by atoms with van der Waals surface area (Å²) in [4.78, 5) is 2.38. The molecule has 0 heterocycles. The van der Waals surface area contributed by atoms with Gasteiger partial charge in [-0.15, -0.1) is 0 Å². The molecular formula is C78H51N. The molecule has 0 aromatic heterocycles. The fraction of sp³-hybridized carbons (Fsp3) is 0. The molecular weight excluding hydrogens is 951 g/mol. The highest BCUT2D eigenvalue weighted by atomic mass is 15.1. The Hall–Kier alpha value is -10.3. The van der Waals surface area contributed by atoms with Crippen LogP contribution < -0.4 is 4.90 Å². The smallest absolute Gasteiger partial charge is 0.0462 e. The first-order valence-corrected chi connectivity index (χ1v) is 27.3. The van der Waals surface area contributed by atoms with E-state index < -0.39 is 0 Å². The Labute approximate surface area is 460 Å². The second-order valence-corrected chi connectivity index (χ2v) is 20.8. The van der Waals surface area contributed by atoms with Crippen LogP contribution in [0.25, 0.3) is 131 Å².